The van der Waals surface area contributed by atoms with Crippen LogP contribution in [-0.4, -0.2) is 4.92 Å². The van der Waals surface area contributed by atoms with Crippen molar-refractivity contribution >= 4 is 43.2 Å². The van der Waals surface area contributed by atoms with Gasteiger partial charge in [0, 0.05) is 28.8 Å². The van der Waals surface area contributed by atoms with Crippen molar-refractivity contribution in [3.05, 3.63) is 66.8 Å². The van der Waals surface area contributed by atoms with Gasteiger partial charge in [-0.05, 0) is 45.8 Å². The fraction of sp³-hybridized carbons (Fsp3) is 0.0769. The Kier molecular flexibility index (Phi) is 4.72. The smallest absolute Gasteiger partial charge is 0.270 e. The number of nitrogens with one attached hydrogen (secondary N) is 1. The van der Waals surface area contributed by atoms with E-state index in [0.717, 1.165) is 5.56 Å². The van der Waals surface area contributed by atoms with E-state index in [4.69, 9.17) is 0 Å². The summed E-state index contributed by atoms with van der Waals surface area (Å²) in [7, 11) is 0. The fourth-order valence-corrected chi connectivity index (χ4v) is 2.35. The Morgan fingerprint density at radius 1 is 1.15 bits per heavy atom. The molecule has 4 nitrogen and oxygen atoms in total. The summed E-state index contributed by atoms with van der Waals surface area (Å²) in [5, 5.41) is 13.7. The third-order valence-electron chi connectivity index (χ3n) is 2.65. The van der Waals surface area contributed by atoms with Crippen molar-refractivity contribution in [2.45, 2.75) is 6.54 Å². The lowest BCUT2D eigenvalue weighted by Crippen LogP contribution is -2.01. The van der Waals surface area contributed by atoms with Crippen molar-refractivity contribution < 1.29 is 9.31 Å². The van der Waals surface area contributed by atoms with E-state index in [1.807, 2.05) is 0 Å². The summed E-state index contributed by atoms with van der Waals surface area (Å²) < 4.78 is 14.4. The predicted molar refractivity (Wildman–Crippen MR) is 82.2 cm³/mol. The Hall–Kier alpha value is -1.47. The van der Waals surface area contributed by atoms with E-state index >= 15 is 0 Å². The molecule has 2 aromatic carbocycles. The van der Waals surface area contributed by atoms with Gasteiger partial charge < -0.3 is 5.32 Å². The van der Waals surface area contributed by atoms with Crippen LogP contribution in [0.4, 0.5) is 15.8 Å². The highest BCUT2D eigenvalue weighted by Gasteiger charge is 2.09. The van der Waals surface area contributed by atoms with E-state index < -0.39 is 4.92 Å². The quantitative estimate of drug-likeness (QED) is 0.585. The van der Waals surface area contributed by atoms with Crippen molar-refractivity contribution in [2.75, 3.05) is 5.32 Å². The first kappa shape index (κ1) is 14.9. The molecule has 1 N–H and O–H groups in total. The highest BCUT2D eigenvalue weighted by Crippen LogP contribution is 2.25. The molecule has 0 unspecified atom stereocenters. The molecule has 104 valence electrons. The van der Waals surface area contributed by atoms with Crippen LogP contribution in [0.25, 0.3) is 0 Å². The Bertz CT molecular complexity index is 665. The van der Waals surface area contributed by atoms with Crippen molar-refractivity contribution in [1.82, 2.24) is 0 Å². The van der Waals surface area contributed by atoms with Gasteiger partial charge in [0.1, 0.15) is 5.82 Å². The molecule has 20 heavy (non-hydrogen) atoms. The van der Waals surface area contributed by atoms with Crippen LogP contribution < -0.4 is 5.32 Å². The van der Waals surface area contributed by atoms with Crippen LogP contribution in [-0.2, 0) is 6.54 Å². The first-order valence-electron chi connectivity index (χ1n) is 5.59. The summed E-state index contributed by atoms with van der Waals surface area (Å²) >= 11 is 6.37. The van der Waals surface area contributed by atoms with Crippen LogP contribution in [0.15, 0.2) is 45.3 Å². The predicted octanol–water partition coefficient (Wildman–Crippen LogP) is 4.87. The second-order valence-corrected chi connectivity index (χ2v) is 5.72. The normalized spacial score (nSPS) is 10.3. The molecule has 0 aliphatic carbocycles. The van der Waals surface area contributed by atoms with Gasteiger partial charge in [-0.1, -0.05) is 15.9 Å². The summed E-state index contributed by atoms with van der Waals surface area (Å²) in [5.74, 6) is -0.349. The van der Waals surface area contributed by atoms with Gasteiger partial charge in [-0.3, -0.25) is 10.1 Å². The molecule has 0 heterocycles. The molecule has 0 amide bonds. The highest BCUT2D eigenvalue weighted by atomic mass is 79.9. The molecule has 0 bridgehead atoms. The van der Waals surface area contributed by atoms with Crippen LogP contribution in [0.5, 0.6) is 0 Å². The maximum absolute atomic E-state index is 13.4. The number of hydrogen-bond acceptors (Lipinski definition) is 3. The molecule has 0 aliphatic heterocycles. The average Bonchev–Trinajstić information content (AvgIpc) is 2.41. The zero-order chi connectivity index (χ0) is 14.7. The number of nitro groups is 1. The zero-order valence-corrected chi connectivity index (χ0v) is 13.2. The van der Waals surface area contributed by atoms with Crippen LogP contribution in [0.3, 0.4) is 0 Å². The molecule has 2 rings (SSSR count). The molecule has 0 saturated heterocycles. The monoisotopic (exact) mass is 402 g/mol. The molecule has 0 saturated carbocycles. The Balaban J connectivity index is 2.10. The number of nitrogens with zero attached hydrogens (tertiary/aromatic N) is 1. The van der Waals surface area contributed by atoms with E-state index in [0.29, 0.717) is 21.2 Å². The number of benzene rings is 2. The van der Waals surface area contributed by atoms with E-state index in [1.165, 1.54) is 18.2 Å². The standard InChI is InChI=1S/C13H9Br2FN2O2/c14-11-4-2-9(5-13(11)16)17-7-8-1-3-10(18(19)20)6-12(8)15/h1-6,17H,7H2. The largest absolute Gasteiger partial charge is 0.381 e. The van der Waals surface area contributed by atoms with Crippen LogP contribution in [0.2, 0.25) is 0 Å². The van der Waals surface area contributed by atoms with E-state index in [9.17, 15) is 14.5 Å². The van der Waals surface area contributed by atoms with Gasteiger partial charge in [0.2, 0.25) is 0 Å². The van der Waals surface area contributed by atoms with E-state index in [2.05, 4.69) is 37.2 Å². The van der Waals surface area contributed by atoms with Crippen LogP contribution >= 0.6 is 31.9 Å². The summed E-state index contributed by atoms with van der Waals surface area (Å²) in [6.45, 7) is 0.430. The third kappa shape index (κ3) is 3.55. The van der Waals surface area contributed by atoms with Gasteiger partial charge in [-0.2, -0.15) is 0 Å². The molecule has 0 fully saturated rings. The van der Waals surface area contributed by atoms with Gasteiger partial charge in [0.05, 0.1) is 9.40 Å². The number of rotatable bonds is 4. The van der Waals surface area contributed by atoms with Crippen molar-refractivity contribution in [2.24, 2.45) is 0 Å². The Morgan fingerprint density at radius 3 is 2.50 bits per heavy atom. The van der Waals surface area contributed by atoms with Crippen molar-refractivity contribution in [3.8, 4) is 0 Å². The lowest BCUT2D eigenvalue weighted by atomic mass is 10.2. The summed E-state index contributed by atoms with van der Waals surface area (Å²) in [4.78, 5) is 10.2. The van der Waals surface area contributed by atoms with Gasteiger partial charge in [0.15, 0.2) is 0 Å². The highest BCUT2D eigenvalue weighted by molar-refractivity contribution is 9.10. The molecule has 0 atom stereocenters. The number of hydrogen-bond donors (Lipinski definition) is 1. The molecule has 7 heteroatoms. The second-order valence-electron chi connectivity index (χ2n) is 4.02. The van der Waals surface area contributed by atoms with Crippen molar-refractivity contribution in [1.29, 1.82) is 0 Å². The lowest BCUT2D eigenvalue weighted by Gasteiger charge is -2.08. The molecule has 2 aromatic rings. The molecule has 0 spiro atoms. The van der Waals surface area contributed by atoms with Gasteiger partial charge in [0.25, 0.3) is 5.69 Å². The fourth-order valence-electron chi connectivity index (χ4n) is 1.60. The lowest BCUT2D eigenvalue weighted by molar-refractivity contribution is -0.384. The summed E-state index contributed by atoms with van der Waals surface area (Å²) in [6.07, 6.45) is 0. The molecular weight excluding hydrogens is 395 g/mol. The van der Waals surface area contributed by atoms with E-state index in [1.54, 1.807) is 18.2 Å². The minimum absolute atomic E-state index is 0.0234. The average molecular weight is 404 g/mol. The Morgan fingerprint density at radius 2 is 1.90 bits per heavy atom. The Labute approximate surface area is 131 Å². The first-order valence-corrected chi connectivity index (χ1v) is 7.17. The number of nitro benzene ring substituents is 1. The zero-order valence-electron chi connectivity index (χ0n) is 10.1. The third-order valence-corrected chi connectivity index (χ3v) is 4.03. The maximum Gasteiger partial charge on any atom is 0.270 e. The van der Waals surface area contributed by atoms with Crippen LogP contribution in [0, 0.1) is 15.9 Å². The first-order chi connectivity index (χ1) is 9.47. The van der Waals surface area contributed by atoms with Gasteiger partial charge in [-0.15, -0.1) is 0 Å². The summed E-state index contributed by atoms with van der Waals surface area (Å²) in [5.41, 5.74) is 1.50. The van der Waals surface area contributed by atoms with Gasteiger partial charge >= 0.3 is 0 Å². The van der Waals surface area contributed by atoms with Gasteiger partial charge in [-0.25, -0.2) is 4.39 Å². The number of halogens is 3. The minimum atomic E-state index is -0.452. The van der Waals surface area contributed by atoms with E-state index in [-0.39, 0.29) is 11.5 Å². The molecule has 0 radical (unpaired) electrons. The molecule has 0 aromatic heterocycles. The SMILES string of the molecule is O=[N+]([O-])c1ccc(CNc2ccc(Br)c(F)c2)c(Br)c1. The van der Waals surface area contributed by atoms with Crippen molar-refractivity contribution in [3.63, 3.8) is 0 Å². The molecular formula is C13H9Br2FN2O2. The minimum Gasteiger partial charge on any atom is -0.381 e. The maximum atomic E-state index is 13.4. The number of non-ortho nitro benzene ring substituents is 1. The topological polar surface area (TPSA) is 55.2 Å². The molecule has 0 aliphatic rings. The van der Waals surface area contributed by atoms with Crippen LogP contribution in [0.1, 0.15) is 5.56 Å². The summed E-state index contributed by atoms with van der Waals surface area (Å²) in [6, 6.07) is 9.27. The second kappa shape index (κ2) is 6.32. The number of anilines is 1.